The second-order valence-corrected chi connectivity index (χ2v) is 6.69. The Labute approximate surface area is 123 Å². The lowest BCUT2D eigenvalue weighted by Gasteiger charge is -2.40. The summed E-state index contributed by atoms with van der Waals surface area (Å²) in [7, 11) is 0. The molecule has 0 spiro atoms. The summed E-state index contributed by atoms with van der Waals surface area (Å²) in [6.45, 7) is 7.31. The van der Waals surface area contributed by atoms with Crippen LogP contribution in [-0.4, -0.2) is 18.2 Å². The largest absolute Gasteiger partial charge is 0.372 e. The van der Waals surface area contributed by atoms with Crippen LogP contribution in [0.25, 0.3) is 0 Å². The molecule has 1 aromatic rings. The molecule has 1 aliphatic carbocycles. The number of hydrogen-bond acceptors (Lipinski definition) is 2. The average Bonchev–Trinajstić information content (AvgIpc) is 2.48. The van der Waals surface area contributed by atoms with Crippen molar-refractivity contribution in [3.63, 3.8) is 0 Å². The van der Waals surface area contributed by atoms with Crippen molar-refractivity contribution < 1.29 is 4.74 Å². The Morgan fingerprint density at radius 3 is 2.50 bits per heavy atom. The molecule has 0 heterocycles. The van der Waals surface area contributed by atoms with Crippen molar-refractivity contribution >= 4 is 0 Å². The highest BCUT2D eigenvalue weighted by atomic mass is 16.5. The number of benzene rings is 1. The van der Waals surface area contributed by atoms with Crippen LogP contribution in [-0.2, 0) is 4.74 Å². The normalized spacial score (nSPS) is 27.5. The summed E-state index contributed by atoms with van der Waals surface area (Å²) in [5.74, 6) is 1.14. The number of ether oxygens (including phenoxy) is 1. The minimum Gasteiger partial charge on any atom is -0.372 e. The third-order valence-corrected chi connectivity index (χ3v) is 4.82. The van der Waals surface area contributed by atoms with E-state index in [9.17, 15) is 0 Å². The molecule has 1 aliphatic rings. The van der Waals surface area contributed by atoms with Crippen molar-refractivity contribution in [2.75, 3.05) is 6.54 Å². The molecule has 0 saturated heterocycles. The van der Waals surface area contributed by atoms with Crippen LogP contribution in [0.5, 0.6) is 0 Å². The highest BCUT2D eigenvalue weighted by Crippen LogP contribution is 2.38. The Morgan fingerprint density at radius 1 is 1.20 bits per heavy atom. The van der Waals surface area contributed by atoms with Crippen LogP contribution in [0.1, 0.15) is 57.9 Å². The second-order valence-electron chi connectivity index (χ2n) is 6.69. The van der Waals surface area contributed by atoms with Gasteiger partial charge in [-0.2, -0.15) is 0 Å². The average molecular weight is 275 g/mol. The van der Waals surface area contributed by atoms with Gasteiger partial charge in [0.15, 0.2) is 0 Å². The molecule has 0 amide bonds. The molecule has 112 valence electrons. The van der Waals surface area contributed by atoms with Crippen LogP contribution in [0.4, 0.5) is 0 Å². The van der Waals surface area contributed by atoms with Crippen LogP contribution in [0.3, 0.4) is 0 Å². The highest BCUT2D eigenvalue weighted by Gasteiger charge is 2.34. The van der Waals surface area contributed by atoms with Gasteiger partial charge in [0.25, 0.3) is 0 Å². The van der Waals surface area contributed by atoms with E-state index in [1.54, 1.807) is 0 Å². The van der Waals surface area contributed by atoms with E-state index in [1.807, 2.05) is 0 Å². The third-order valence-electron chi connectivity index (χ3n) is 4.82. The van der Waals surface area contributed by atoms with E-state index in [4.69, 9.17) is 10.5 Å². The first kappa shape index (κ1) is 15.5. The lowest BCUT2D eigenvalue weighted by molar-refractivity contribution is -0.110. The SMILES string of the molecule is CCC(C)(C)OC1CC(c2ccccc2)CCC1CN. The molecular weight excluding hydrogens is 246 g/mol. The van der Waals surface area contributed by atoms with Gasteiger partial charge in [-0.3, -0.25) is 0 Å². The van der Waals surface area contributed by atoms with Gasteiger partial charge in [-0.25, -0.2) is 0 Å². The summed E-state index contributed by atoms with van der Waals surface area (Å²) in [5, 5.41) is 0. The van der Waals surface area contributed by atoms with Crippen LogP contribution in [0.15, 0.2) is 30.3 Å². The Bertz CT molecular complexity index is 401. The smallest absolute Gasteiger partial charge is 0.0628 e. The fourth-order valence-corrected chi connectivity index (χ4v) is 3.13. The van der Waals surface area contributed by atoms with Gasteiger partial charge in [0.05, 0.1) is 11.7 Å². The van der Waals surface area contributed by atoms with Crippen LogP contribution >= 0.6 is 0 Å². The standard InChI is InChI=1S/C18H29NO/c1-4-18(2,3)20-17-12-15(10-11-16(17)13-19)14-8-6-5-7-9-14/h5-9,15-17H,4,10-13,19H2,1-3H3. The molecule has 1 saturated carbocycles. The number of hydrogen-bond donors (Lipinski definition) is 1. The van der Waals surface area contributed by atoms with Crippen LogP contribution < -0.4 is 5.73 Å². The maximum absolute atomic E-state index is 6.40. The van der Waals surface area contributed by atoms with E-state index in [1.165, 1.54) is 18.4 Å². The predicted molar refractivity (Wildman–Crippen MR) is 84.8 cm³/mol. The molecule has 1 fully saturated rings. The highest BCUT2D eigenvalue weighted by molar-refractivity contribution is 5.20. The van der Waals surface area contributed by atoms with Crippen molar-refractivity contribution in [2.45, 2.75) is 64.1 Å². The van der Waals surface area contributed by atoms with E-state index < -0.39 is 0 Å². The van der Waals surface area contributed by atoms with Gasteiger partial charge in [-0.1, -0.05) is 37.3 Å². The third kappa shape index (κ3) is 3.83. The van der Waals surface area contributed by atoms with Gasteiger partial charge < -0.3 is 10.5 Å². The molecule has 2 rings (SSSR count). The molecule has 2 N–H and O–H groups in total. The first-order valence-corrected chi connectivity index (χ1v) is 7.98. The van der Waals surface area contributed by atoms with E-state index in [2.05, 4.69) is 51.1 Å². The van der Waals surface area contributed by atoms with Gasteiger partial charge in [0, 0.05) is 0 Å². The molecule has 2 heteroatoms. The van der Waals surface area contributed by atoms with Crippen molar-refractivity contribution in [2.24, 2.45) is 11.7 Å². The first-order chi connectivity index (χ1) is 9.55. The summed E-state index contributed by atoms with van der Waals surface area (Å²) in [5.41, 5.74) is 7.36. The number of nitrogens with two attached hydrogens (primary N) is 1. The fourth-order valence-electron chi connectivity index (χ4n) is 3.13. The quantitative estimate of drug-likeness (QED) is 0.878. The maximum Gasteiger partial charge on any atom is 0.0628 e. The summed E-state index contributed by atoms with van der Waals surface area (Å²) < 4.78 is 6.40. The minimum absolute atomic E-state index is 0.0450. The zero-order valence-corrected chi connectivity index (χ0v) is 13.1. The van der Waals surface area contributed by atoms with Gasteiger partial charge in [0.1, 0.15) is 0 Å². The summed E-state index contributed by atoms with van der Waals surface area (Å²) >= 11 is 0. The van der Waals surface area contributed by atoms with Gasteiger partial charge in [0.2, 0.25) is 0 Å². The molecule has 0 aliphatic heterocycles. The second kappa shape index (κ2) is 6.73. The molecule has 0 bridgehead atoms. The Morgan fingerprint density at radius 2 is 1.90 bits per heavy atom. The van der Waals surface area contributed by atoms with Crippen LogP contribution in [0.2, 0.25) is 0 Å². The number of rotatable bonds is 5. The lowest BCUT2D eigenvalue weighted by atomic mass is 9.76. The Kier molecular flexibility index (Phi) is 5.22. The lowest BCUT2D eigenvalue weighted by Crippen LogP contribution is -2.41. The molecule has 3 atom stereocenters. The van der Waals surface area contributed by atoms with Crippen molar-refractivity contribution in [3.05, 3.63) is 35.9 Å². The molecule has 2 nitrogen and oxygen atoms in total. The topological polar surface area (TPSA) is 35.2 Å². The first-order valence-electron chi connectivity index (χ1n) is 7.98. The van der Waals surface area contributed by atoms with E-state index in [-0.39, 0.29) is 5.60 Å². The van der Waals surface area contributed by atoms with Gasteiger partial charge >= 0.3 is 0 Å². The molecule has 20 heavy (non-hydrogen) atoms. The van der Waals surface area contributed by atoms with Crippen molar-refractivity contribution in [1.29, 1.82) is 0 Å². The molecule has 0 aromatic heterocycles. The zero-order chi connectivity index (χ0) is 14.6. The van der Waals surface area contributed by atoms with Gasteiger partial charge in [-0.05, 0) is 63.5 Å². The van der Waals surface area contributed by atoms with E-state index in [0.717, 1.165) is 19.4 Å². The van der Waals surface area contributed by atoms with Crippen molar-refractivity contribution in [1.82, 2.24) is 0 Å². The molecule has 1 aromatic carbocycles. The maximum atomic E-state index is 6.40. The summed E-state index contributed by atoms with van der Waals surface area (Å²) in [6, 6.07) is 10.8. The van der Waals surface area contributed by atoms with Gasteiger partial charge in [-0.15, -0.1) is 0 Å². The Balaban J connectivity index is 2.07. The van der Waals surface area contributed by atoms with E-state index >= 15 is 0 Å². The predicted octanol–water partition coefficient (Wildman–Crippen LogP) is 4.10. The summed E-state index contributed by atoms with van der Waals surface area (Å²) in [6.07, 6.45) is 4.86. The monoisotopic (exact) mass is 275 g/mol. The zero-order valence-electron chi connectivity index (χ0n) is 13.1. The Hall–Kier alpha value is -0.860. The fraction of sp³-hybridized carbons (Fsp3) is 0.667. The van der Waals surface area contributed by atoms with Crippen LogP contribution in [0, 0.1) is 5.92 Å². The molecule has 3 unspecified atom stereocenters. The van der Waals surface area contributed by atoms with E-state index in [0.29, 0.717) is 17.9 Å². The minimum atomic E-state index is -0.0450. The molecule has 0 radical (unpaired) electrons. The summed E-state index contributed by atoms with van der Waals surface area (Å²) in [4.78, 5) is 0. The molecular formula is C18H29NO. The van der Waals surface area contributed by atoms with Crippen molar-refractivity contribution in [3.8, 4) is 0 Å².